The van der Waals surface area contributed by atoms with Gasteiger partial charge in [-0.2, -0.15) is 9.29 Å². The number of sulfonamides is 1. The summed E-state index contributed by atoms with van der Waals surface area (Å²) in [7, 11) is -0.722. The first-order valence-electron chi connectivity index (χ1n) is 10.1. The van der Waals surface area contributed by atoms with Crippen LogP contribution in [0.15, 0.2) is 27.6 Å². The number of nitrogens with zero attached hydrogens (tertiary/aromatic N) is 3. The third kappa shape index (κ3) is 5.53. The highest BCUT2D eigenvalue weighted by Crippen LogP contribution is 2.32. The van der Waals surface area contributed by atoms with Gasteiger partial charge >= 0.3 is 0 Å². The standard InChI is InChI=1S/C20H28N4O6S/c1-14-22-19(30-23-14)5-4-10-21-20(25)15-8-11-24(12-9-15)31(26,27)16-6-7-17(28-2)18(13-16)29-3/h6-7,13,15H,4-5,8-12H2,1-3H3,(H,21,25). The van der Waals surface area contributed by atoms with E-state index in [1.165, 1.54) is 30.7 Å². The molecule has 1 amide bonds. The Balaban J connectivity index is 1.49. The SMILES string of the molecule is COc1ccc(S(=O)(=O)N2CCC(C(=O)NCCCc3nc(C)no3)CC2)cc1OC. The van der Waals surface area contributed by atoms with E-state index in [-0.39, 0.29) is 29.8 Å². The van der Waals surface area contributed by atoms with Gasteiger partial charge in [0.25, 0.3) is 0 Å². The number of ether oxygens (including phenoxy) is 2. The lowest BCUT2D eigenvalue weighted by molar-refractivity contribution is -0.126. The van der Waals surface area contributed by atoms with Crippen LogP contribution >= 0.6 is 0 Å². The van der Waals surface area contributed by atoms with Gasteiger partial charge in [-0.3, -0.25) is 4.79 Å². The van der Waals surface area contributed by atoms with Crippen LogP contribution in [-0.4, -0.2) is 62.6 Å². The molecule has 0 unspecified atom stereocenters. The Kier molecular flexibility index (Phi) is 7.50. The summed E-state index contributed by atoms with van der Waals surface area (Å²) in [6.45, 7) is 2.84. The van der Waals surface area contributed by atoms with E-state index in [1.807, 2.05) is 0 Å². The smallest absolute Gasteiger partial charge is 0.243 e. The van der Waals surface area contributed by atoms with Crippen molar-refractivity contribution in [2.75, 3.05) is 33.9 Å². The Morgan fingerprint density at radius 1 is 1.23 bits per heavy atom. The van der Waals surface area contributed by atoms with Crippen LogP contribution in [0, 0.1) is 12.8 Å². The van der Waals surface area contributed by atoms with Crippen molar-refractivity contribution in [3.63, 3.8) is 0 Å². The number of hydrogen-bond acceptors (Lipinski definition) is 8. The molecule has 2 aromatic rings. The maximum Gasteiger partial charge on any atom is 0.243 e. The van der Waals surface area contributed by atoms with Crippen LogP contribution in [0.3, 0.4) is 0 Å². The molecule has 11 heteroatoms. The normalized spacial score (nSPS) is 15.6. The van der Waals surface area contributed by atoms with E-state index in [9.17, 15) is 13.2 Å². The minimum absolute atomic E-state index is 0.0510. The fraction of sp³-hybridized carbons (Fsp3) is 0.550. The minimum atomic E-state index is -3.68. The molecule has 1 aliphatic heterocycles. The van der Waals surface area contributed by atoms with Gasteiger partial charge in [0, 0.05) is 38.0 Å². The van der Waals surface area contributed by atoms with E-state index >= 15 is 0 Å². The van der Waals surface area contributed by atoms with Gasteiger partial charge < -0.3 is 19.3 Å². The molecular formula is C20H28N4O6S. The fourth-order valence-corrected chi connectivity index (χ4v) is 5.01. The lowest BCUT2D eigenvalue weighted by Gasteiger charge is -2.30. The molecule has 1 aliphatic rings. The summed E-state index contributed by atoms with van der Waals surface area (Å²) in [4.78, 5) is 16.7. The Morgan fingerprint density at radius 2 is 1.94 bits per heavy atom. The van der Waals surface area contributed by atoms with E-state index in [0.29, 0.717) is 55.4 Å². The Labute approximate surface area is 182 Å². The molecular weight excluding hydrogens is 424 g/mol. The maximum absolute atomic E-state index is 13.0. The largest absolute Gasteiger partial charge is 0.493 e. The van der Waals surface area contributed by atoms with Crippen LogP contribution in [0.5, 0.6) is 11.5 Å². The van der Waals surface area contributed by atoms with E-state index in [0.717, 1.165) is 0 Å². The molecule has 0 aliphatic carbocycles. The van der Waals surface area contributed by atoms with Gasteiger partial charge in [0.1, 0.15) is 0 Å². The van der Waals surface area contributed by atoms with E-state index in [4.69, 9.17) is 14.0 Å². The van der Waals surface area contributed by atoms with Crippen LogP contribution in [-0.2, 0) is 21.2 Å². The molecule has 1 aromatic heterocycles. The molecule has 1 saturated heterocycles. The maximum atomic E-state index is 13.0. The average molecular weight is 453 g/mol. The van der Waals surface area contributed by atoms with Gasteiger partial charge in [0.05, 0.1) is 19.1 Å². The molecule has 2 heterocycles. The summed E-state index contributed by atoms with van der Waals surface area (Å²) in [6, 6.07) is 4.53. The molecule has 31 heavy (non-hydrogen) atoms. The molecule has 10 nitrogen and oxygen atoms in total. The first kappa shape index (κ1) is 23.0. The molecule has 0 radical (unpaired) electrons. The summed E-state index contributed by atoms with van der Waals surface area (Å²) in [5.41, 5.74) is 0. The van der Waals surface area contributed by atoms with Crippen molar-refractivity contribution in [3.8, 4) is 11.5 Å². The Morgan fingerprint density at radius 3 is 2.55 bits per heavy atom. The quantitative estimate of drug-likeness (QED) is 0.568. The zero-order valence-corrected chi connectivity index (χ0v) is 18.8. The van der Waals surface area contributed by atoms with Crippen molar-refractivity contribution in [3.05, 3.63) is 29.9 Å². The van der Waals surface area contributed by atoms with Crippen LogP contribution in [0.1, 0.15) is 31.0 Å². The average Bonchev–Trinajstić information content (AvgIpc) is 3.21. The molecule has 170 valence electrons. The molecule has 3 rings (SSSR count). The molecule has 1 N–H and O–H groups in total. The van der Waals surface area contributed by atoms with Crippen molar-refractivity contribution in [2.24, 2.45) is 5.92 Å². The highest BCUT2D eigenvalue weighted by molar-refractivity contribution is 7.89. The minimum Gasteiger partial charge on any atom is -0.493 e. The summed E-state index contributed by atoms with van der Waals surface area (Å²) in [5, 5.41) is 6.65. The van der Waals surface area contributed by atoms with Gasteiger partial charge in [-0.1, -0.05) is 5.16 Å². The molecule has 0 atom stereocenters. The Hall–Kier alpha value is -2.66. The van der Waals surface area contributed by atoms with Crippen LogP contribution in [0.2, 0.25) is 0 Å². The van der Waals surface area contributed by atoms with E-state index < -0.39 is 10.0 Å². The van der Waals surface area contributed by atoms with Gasteiger partial charge in [0.15, 0.2) is 17.3 Å². The van der Waals surface area contributed by atoms with Crippen LogP contribution in [0.4, 0.5) is 0 Å². The summed E-state index contributed by atoms with van der Waals surface area (Å²) >= 11 is 0. The summed E-state index contributed by atoms with van der Waals surface area (Å²) in [5.74, 6) is 1.71. The molecule has 0 saturated carbocycles. The first-order valence-corrected chi connectivity index (χ1v) is 11.6. The number of piperidine rings is 1. The van der Waals surface area contributed by atoms with Crippen LogP contribution < -0.4 is 14.8 Å². The number of hydrogen-bond donors (Lipinski definition) is 1. The number of nitrogens with one attached hydrogen (secondary N) is 1. The highest BCUT2D eigenvalue weighted by Gasteiger charge is 2.32. The van der Waals surface area contributed by atoms with Gasteiger partial charge in [-0.15, -0.1) is 0 Å². The first-order chi connectivity index (χ1) is 14.8. The lowest BCUT2D eigenvalue weighted by atomic mass is 9.97. The second-order valence-corrected chi connectivity index (χ2v) is 9.26. The summed E-state index contributed by atoms with van der Waals surface area (Å²) < 4.78 is 42.8. The third-order valence-electron chi connectivity index (χ3n) is 5.25. The lowest BCUT2D eigenvalue weighted by Crippen LogP contribution is -2.43. The molecule has 1 fully saturated rings. The molecule has 0 spiro atoms. The number of methoxy groups -OCH3 is 2. The summed E-state index contributed by atoms with van der Waals surface area (Å²) in [6.07, 6.45) is 2.24. The molecule has 0 bridgehead atoms. The van der Waals surface area contributed by atoms with Crippen molar-refractivity contribution < 1.29 is 27.2 Å². The van der Waals surface area contributed by atoms with Crippen LogP contribution in [0.25, 0.3) is 0 Å². The van der Waals surface area contributed by atoms with E-state index in [2.05, 4.69) is 15.5 Å². The molecule has 1 aromatic carbocycles. The number of aryl methyl sites for hydroxylation is 2. The number of carbonyl (C=O) groups is 1. The number of amides is 1. The monoisotopic (exact) mass is 452 g/mol. The number of aromatic nitrogens is 2. The zero-order valence-electron chi connectivity index (χ0n) is 18.0. The topological polar surface area (TPSA) is 124 Å². The third-order valence-corrected chi connectivity index (χ3v) is 7.15. The Bertz CT molecular complexity index is 999. The van der Waals surface area contributed by atoms with Crippen molar-refractivity contribution >= 4 is 15.9 Å². The number of benzene rings is 1. The second-order valence-electron chi connectivity index (χ2n) is 7.33. The number of carbonyl (C=O) groups excluding carboxylic acids is 1. The predicted molar refractivity (Wildman–Crippen MR) is 111 cm³/mol. The van der Waals surface area contributed by atoms with Gasteiger partial charge in [0.2, 0.25) is 21.8 Å². The van der Waals surface area contributed by atoms with E-state index in [1.54, 1.807) is 13.0 Å². The highest BCUT2D eigenvalue weighted by atomic mass is 32.2. The fourth-order valence-electron chi connectivity index (χ4n) is 3.52. The van der Waals surface area contributed by atoms with Crippen molar-refractivity contribution in [1.29, 1.82) is 0 Å². The van der Waals surface area contributed by atoms with Gasteiger partial charge in [-0.25, -0.2) is 8.42 Å². The number of rotatable bonds is 9. The van der Waals surface area contributed by atoms with Gasteiger partial charge in [-0.05, 0) is 38.3 Å². The second kappa shape index (κ2) is 10.1. The zero-order chi connectivity index (χ0) is 22.4. The van der Waals surface area contributed by atoms with Crippen molar-refractivity contribution in [1.82, 2.24) is 19.8 Å². The predicted octanol–water partition coefficient (Wildman–Crippen LogP) is 1.54. The van der Waals surface area contributed by atoms with Crippen molar-refractivity contribution in [2.45, 2.75) is 37.5 Å².